The Balaban J connectivity index is 3.94. The summed E-state index contributed by atoms with van der Waals surface area (Å²) in [6.07, 6.45) is 1.68. The zero-order chi connectivity index (χ0) is 17.3. The highest BCUT2D eigenvalue weighted by Crippen LogP contribution is 2.40. The smallest absolute Gasteiger partial charge is 0.335 e. The number of ether oxygens (including phenoxy) is 1. The molecule has 3 nitrogen and oxygen atoms in total. The van der Waals surface area contributed by atoms with Gasteiger partial charge in [0, 0.05) is 0 Å². The number of benzene rings is 1. The molecule has 1 aromatic rings. The van der Waals surface area contributed by atoms with Crippen molar-refractivity contribution in [3.05, 3.63) is 34.9 Å². The topological polar surface area (TPSA) is 46.5 Å². The monoisotopic (exact) mass is 304 g/mol. The molecule has 22 heavy (non-hydrogen) atoms. The average Bonchev–Trinajstić information content (AvgIpc) is 2.36. The summed E-state index contributed by atoms with van der Waals surface area (Å²) >= 11 is 0. The molecule has 0 heterocycles. The SMILES string of the molecule is C/C=C(/C(=O)O)c1c(C(C)(C)C)cc(OC)cc1C(C)(C)C. The number of allylic oxidation sites excluding steroid dienone is 1. The second-order valence-corrected chi connectivity index (χ2v) is 7.61. The summed E-state index contributed by atoms with van der Waals surface area (Å²) < 4.78 is 5.45. The van der Waals surface area contributed by atoms with Crippen LogP contribution in [0.1, 0.15) is 65.2 Å². The quantitative estimate of drug-likeness (QED) is 0.818. The first-order valence-electron chi connectivity index (χ1n) is 7.56. The van der Waals surface area contributed by atoms with E-state index in [0.717, 1.165) is 22.4 Å². The minimum absolute atomic E-state index is 0.187. The molecule has 0 spiro atoms. The van der Waals surface area contributed by atoms with Crippen molar-refractivity contribution in [2.45, 2.75) is 59.3 Å². The van der Waals surface area contributed by atoms with E-state index >= 15 is 0 Å². The number of carboxylic acid groups (broad SMARTS) is 1. The number of aliphatic carboxylic acids is 1. The molecule has 0 radical (unpaired) electrons. The highest BCUT2D eigenvalue weighted by atomic mass is 16.5. The van der Waals surface area contributed by atoms with Gasteiger partial charge < -0.3 is 9.84 Å². The second kappa shape index (κ2) is 6.15. The highest BCUT2D eigenvalue weighted by Gasteiger charge is 2.30. The van der Waals surface area contributed by atoms with Crippen LogP contribution in [0.25, 0.3) is 5.57 Å². The summed E-state index contributed by atoms with van der Waals surface area (Å²) in [5, 5.41) is 9.63. The van der Waals surface area contributed by atoms with Crippen LogP contribution in [0.15, 0.2) is 18.2 Å². The highest BCUT2D eigenvalue weighted by molar-refractivity contribution is 6.16. The van der Waals surface area contributed by atoms with Crippen molar-refractivity contribution in [2.75, 3.05) is 7.11 Å². The standard InChI is InChI=1S/C19H28O3/c1-9-13(17(20)21)16-14(18(2,3)4)10-12(22-8)11-15(16)19(5,6)7/h9-11H,1-8H3,(H,20,21)/b13-9+. The molecule has 0 atom stereocenters. The average molecular weight is 304 g/mol. The summed E-state index contributed by atoms with van der Waals surface area (Å²) in [7, 11) is 1.64. The zero-order valence-electron chi connectivity index (χ0n) is 15.0. The van der Waals surface area contributed by atoms with Gasteiger partial charge in [0.15, 0.2) is 0 Å². The van der Waals surface area contributed by atoms with Gasteiger partial charge >= 0.3 is 5.97 Å². The molecule has 0 aliphatic heterocycles. The summed E-state index contributed by atoms with van der Waals surface area (Å²) in [6.45, 7) is 14.3. The molecule has 0 aliphatic rings. The van der Waals surface area contributed by atoms with Crippen molar-refractivity contribution < 1.29 is 14.6 Å². The van der Waals surface area contributed by atoms with Crippen LogP contribution in [0.3, 0.4) is 0 Å². The third-order valence-electron chi connectivity index (χ3n) is 3.75. The maximum Gasteiger partial charge on any atom is 0.335 e. The molecule has 0 aromatic heterocycles. The molecular weight excluding hydrogens is 276 g/mol. The maximum atomic E-state index is 11.7. The molecule has 0 aliphatic carbocycles. The van der Waals surface area contributed by atoms with Gasteiger partial charge in [-0.15, -0.1) is 0 Å². The fraction of sp³-hybridized carbons (Fsp3) is 0.526. The van der Waals surface area contributed by atoms with Crippen molar-refractivity contribution >= 4 is 11.5 Å². The van der Waals surface area contributed by atoms with Crippen LogP contribution >= 0.6 is 0 Å². The number of hydrogen-bond donors (Lipinski definition) is 1. The summed E-state index contributed by atoms with van der Waals surface area (Å²) in [6, 6.07) is 3.91. The largest absolute Gasteiger partial charge is 0.497 e. The molecule has 0 saturated heterocycles. The minimum atomic E-state index is -0.899. The van der Waals surface area contributed by atoms with E-state index in [1.54, 1.807) is 20.1 Å². The van der Waals surface area contributed by atoms with Crippen molar-refractivity contribution in [1.29, 1.82) is 0 Å². The molecule has 0 unspecified atom stereocenters. The second-order valence-electron chi connectivity index (χ2n) is 7.61. The van der Waals surface area contributed by atoms with Crippen LogP contribution in [0.5, 0.6) is 5.75 Å². The lowest BCUT2D eigenvalue weighted by atomic mass is 9.74. The lowest BCUT2D eigenvalue weighted by molar-refractivity contribution is -0.130. The molecule has 3 heteroatoms. The zero-order valence-corrected chi connectivity index (χ0v) is 15.0. The molecule has 0 saturated carbocycles. The fourth-order valence-corrected chi connectivity index (χ4v) is 2.58. The van der Waals surface area contributed by atoms with Crippen molar-refractivity contribution in [3.8, 4) is 5.75 Å². The molecule has 0 bridgehead atoms. The fourth-order valence-electron chi connectivity index (χ4n) is 2.58. The van der Waals surface area contributed by atoms with E-state index in [-0.39, 0.29) is 10.8 Å². The van der Waals surface area contributed by atoms with E-state index in [0.29, 0.717) is 5.57 Å². The van der Waals surface area contributed by atoms with Gasteiger partial charge in [0.25, 0.3) is 0 Å². The van der Waals surface area contributed by atoms with Crippen molar-refractivity contribution in [1.82, 2.24) is 0 Å². The predicted molar refractivity (Wildman–Crippen MR) is 91.7 cm³/mol. The normalized spacial score (nSPS) is 13.2. The maximum absolute atomic E-state index is 11.7. The van der Waals surface area contributed by atoms with Gasteiger partial charge in [-0.25, -0.2) is 4.79 Å². The number of methoxy groups -OCH3 is 1. The Morgan fingerprint density at radius 3 is 1.68 bits per heavy atom. The molecule has 1 aromatic carbocycles. The third kappa shape index (κ3) is 3.70. The Hall–Kier alpha value is -1.77. The van der Waals surface area contributed by atoms with E-state index in [9.17, 15) is 9.90 Å². The van der Waals surface area contributed by atoms with Crippen LogP contribution in [-0.4, -0.2) is 18.2 Å². The van der Waals surface area contributed by atoms with Crippen molar-refractivity contribution in [3.63, 3.8) is 0 Å². The van der Waals surface area contributed by atoms with Crippen LogP contribution in [-0.2, 0) is 15.6 Å². The number of hydrogen-bond acceptors (Lipinski definition) is 2. The van der Waals surface area contributed by atoms with E-state index in [4.69, 9.17) is 4.74 Å². The Morgan fingerprint density at radius 1 is 1.05 bits per heavy atom. The molecular formula is C19H28O3. The summed E-state index contributed by atoms with van der Waals surface area (Å²) in [4.78, 5) is 11.7. The van der Waals surface area contributed by atoms with Gasteiger partial charge in [0.1, 0.15) is 5.75 Å². The summed E-state index contributed by atoms with van der Waals surface area (Å²) in [5.74, 6) is -0.136. The molecule has 1 rings (SSSR count). The lowest BCUT2D eigenvalue weighted by Crippen LogP contribution is -2.22. The first kappa shape index (κ1) is 18.3. The van der Waals surface area contributed by atoms with Crippen LogP contribution in [0.4, 0.5) is 0 Å². The Kier molecular flexibility index (Phi) is 5.11. The summed E-state index contributed by atoms with van der Waals surface area (Å²) in [5.41, 5.74) is 2.77. The third-order valence-corrected chi connectivity index (χ3v) is 3.75. The molecule has 0 fully saturated rings. The molecule has 1 N–H and O–H groups in total. The molecule has 122 valence electrons. The van der Waals surface area contributed by atoms with E-state index in [1.807, 2.05) is 12.1 Å². The van der Waals surface area contributed by atoms with E-state index in [1.165, 1.54) is 0 Å². The Bertz CT molecular complexity index is 561. The van der Waals surface area contributed by atoms with E-state index < -0.39 is 5.97 Å². The van der Waals surface area contributed by atoms with Gasteiger partial charge in [-0.1, -0.05) is 47.6 Å². The lowest BCUT2D eigenvalue weighted by Gasteiger charge is -2.31. The number of carbonyl (C=O) groups is 1. The van der Waals surface area contributed by atoms with Gasteiger partial charge in [-0.05, 0) is 46.6 Å². The minimum Gasteiger partial charge on any atom is -0.497 e. The Morgan fingerprint density at radius 2 is 1.45 bits per heavy atom. The van der Waals surface area contributed by atoms with Gasteiger partial charge in [-0.3, -0.25) is 0 Å². The van der Waals surface area contributed by atoms with Crippen LogP contribution in [0, 0.1) is 0 Å². The number of carboxylic acids is 1. The van der Waals surface area contributed by atoms with Gasteiger partial charge in [0.2, 0.25) is 0 Å². The predicted octanol–water partition coefficient (Wildman–Crippen LogP) is 4.78. The first-order valence-corrected chi connectivity index (χ1v) is 7.56. The number of rotatable bonds is 3. The van der Waals surface area contributed by atoms with Gasteiger partial charge in [-0.2, -0.15) is 0 Å². The molecule has 0 amide bonds. The Labute approximate surface area is 134 Å². The van der Waals surface area contributed by atoms with Crippen LogP contribution < -0.4 is 4.74 Å². The first-order chi connectivity index (χ1) is 9.93. The van der Waals surface area contributed by atoms with Gasteiger partial charge in [0.05, 0.1) is 12.7 Å². The van der Waals surface area contributed by atoms with Crippen molar-refractivity contribution in [2.24, 2.45) is 0 Å². The van der Waals surface area contributed by atoms with E-state index in [2.05, 4.69) is 41.5 Å². The van der Waals surface area contributed by atoms with Crippen LogP contribution in [0.2, 0.25) is 0 Å².